The van der Waals surface area contributed by atoms with Crippen LogP contribution in [-0.4, -0.2) is 23.4 Å². The van der Waals surface area contributed by atoms with Gasteiger partial charge in [0, 0.05) is 30.8 Å². The van der Waals surface area contributed by atoms with Gasteiger partial charge in [0.1, 0.15) is 5.78 Å². The Kier molecular flexibility index (Phi) is 5.52. The quantitative estimate of drug-likeness (QED) is 0.855. The third kappa shape index (κ3) is 4.75. The van der Waals surface area contributed by atoms with Gasteiger partial charge in [0.15, 0.2) is 0 Å². The first kappa shape index (κ1) is 14.2. The molecule has 0 amide bonds. The molecule has 0 aliphatic carbocycles. The van der Waals surface area contributed by atoms with Crippen LogP contribution in [0.2, 0.25) is 0 Å². The van der Waals surface area contributed by atoms with Crippen LogP contribution in [-0.2, 0) is 17.6 Å². The summed E-state index contributed by atoms with van der Waals surface area (Å²) in [6.45, 7) is 3.22. The molecule has 2 rings (SSSR count). The number of aryl methyl sites for hydroxylation is 1. The monoisotopic (exact) mass is 260 g/mol. The van der Waals surface area contributed by atoms with Crippen LogP contribution in [0.15, 0.2) is 18.3 Å². The number of piperidine rings is 1. The van der Waals surface area contributed by atoms with Crippen LogP contribution in [0.3, 0.4) is 0 Å². The number of carbonyl (C=O) groups is 1. The summed E-state index contributed by atoms with van der Waals surface area (Å²) in [4.78, 5) is 16.3. The number of hydrogen-bond donors (Lipinski definition) is 1. The number of nitrogens with one attached hydrogen (secondary N) is 1. The topological polar surface area (TPSA) is 42.0 Å². The number of rotatable bonds is 6. The first-order chi connectivity index (χ1) is 9.28. The molecule has 0 aromatic carbocycles. The molecule has 0 saturated carbocycles. The molecule has 3 heteroatoms. The maximum absolute atomic E-state index is 11.9. The average Bonchev–Trinajstić information content (AvgIpc) is 2.47. The zero-order chi connectivity index (χ0) is 13.5. The fraction of sp³-hybridized carbons (Fsp3) is 0.625. The van der Waals surface area contributed by atoms with E-state index in [2.05, 4.69) is 23.3 Å². The van der Waals surface area contributed by atoms with Crippen LogP contribution >= 0.6 is 0 Å². The molecule has 1 saturated heterocycles. The predicted octanol–water partition coefficient (Wildman–Crippen LogP) is 2.68. The van der Waals surface area contributed by atoms with E-state index in [1.165, 1.54) is 24.8 Å². The molecule has 1 aromatic heterocycles. The molecule has 1 unspecified atom stereocenters. The summed E-state index contributed by atoms with van der Waals surface area (Å²) in [6.07, 6.45) is 8.80. The fourth-order valence-electron chi connectivity index (χ4n) is 2.56. The molecular weight excluding hydrogens is 236 g/mol. The van der Waals surface area contributed by atoms with Gasteiger partial charge in [-0.3, -0.25) is 9.78 Å². The Morgan fingerprint density at radius 2 is 2.32 bits per heavy atom. The van der Waals surface area contributed by atoms with Crippen molar-refractivity contribution in [3.05, 3.63) is 29.6 Å². The van der Waals surface area contributed by atoms with Gasteiger partial charge in [-0.1, -0.05) is 19.4 Å². The molecule has 1 fully saturated rings. The standard InChI is InChI=1S/C16H24N2O/c1-2-13-6-7-15(18-12-13)11-16(19)9-8-14-5-3-4-10-17-14/h6-7,12,14,17H,2-5,8-11H2,1H3. The van der Waals surface area contributed by atoms with Gasteiger partial charge in [0.25, 0.3) is 0 Å². The second kappa shape index (κ2) is 7.39. The number of Topliss-reactive ketones (excluding diaryl/α,β-unsaturated/α-hetero) is 1. The van der Waals surface area contributed by atoms with Gasteiger partial charge >= 0.3 is 0 Å². The minimum atomic E-state index is 0.309. The second-order valence-corrected chi connectivity index (χ2v) is 5.41. The Morgan fingerprint density at radius 1 is 1.42 bits per heavy atom. The molecule has 1 aliphatic rings. The Morgan fingerprint density at radius 3 is 2.95 bits per heavy atom. The van der Waals surface area contributed by atoms with E-state index in [0.29, 0.717) is 24.7 Å². The summed E-state index contributed by atoms with van der Waals surface area (Å²) < 4.78 is 0. The third-order valence-electron chi connectivity index (χ3n) is 3.86. The normalized spacial score (nSPS) is 19.3. The van der Waals surface area contributed by atoms with Gasteiger partial charge in [-0.15, -0.1) is 0 Å². The van der Waals surface area contributed by atoms with Crippen LogP contribution in [0.1, 0.15) is 50.3 Å². The number of ketones is 1. The van der Waals surface area contributed by atoms with Crippen LogP contribution < -0.4 is 5.32 Å². The molecule has 0 spiro atoms. The highest BCUT2D eigenvalue weighted by atomic mass is 16.1. The molecule has 1 aromatic rings. The van der Waals surface area contributed by atoms with Crippen LogP contribution in [0.4, 0.5) is 0 Å². The Labute approximate surface area is 115 Å². The van der Waals surface area contributed by atoms with E-state index in [0.717, 1.165) is 25.1 Å². The summed E-state index contributed by atoms with van der Waals surface area (Å²) in [5.74, 6) is 0.309. The molecule has 0 radical (unpaired) electrons. The van der Waals surface area contributed by atoms with Crippen molar-refractivity contribution in [3.63, 3.8) is 0 Å². The minimum Gasteiger partial charge on any atom is -0.314 e. The highest BCUT2D eigenvalue weighted by Crippen LogP contribution is 2.12. The van der Waals surface area contributed by atoms with Crippen molar-refractivity contribution in [1.82, 2.24) is 10.3 Å². The first-order valence-corrected chi connectivity index (χ1v) is 7.47. The number of nitrogens with zero attached hydrogens (tertiary/aromatic N) is 1. The van der Waals surface area contributed by atoms with Gasteiger partial charge in [-0.05, 0) is 43.9 Å². The molecule has 104 valence electrons. The number of carbonyl (C=O) groups excluding carboxylic acids is 1. The minimum absolute atomic E-state index is 0.309. The lowest BCUT2D eigenvalue weighted by molar-refractivity contribution is -0.118. The van der Waals surface area contributed by atoms with E-state index in [1.54, 1.807) is 0 Å². The van der Waals surface area contributed by atoms with Gasteiger partial charge in [-0.25, -0.2) is 0 Å². The molecule has 3 nitrogen and oxygen atoms in total. The lowest BCUT2D eigenvalue weighted by Gasteiger charge is -2.22. The average molecular weight is 260 g/mol. The zero-order valence-corrected chi connectivity index (χ0v) is 11.8. The Balaban J connectivity index is 1.73. The maximum Gasteiger partial charge on any atom is 0.138 e. The van der Waals surface area contributed by atoms with Gasteiger partial charge < -0.3 is 5.32 Å². The number of aromatic nitrogens is 1. The second-order valence-electron chi connectivity index (χ2n) is 5.41. The van der Waals surface area contributed by atoms with E-state index in [9.17, 15) is 4.79 Å². The first-order valence-electron chi connectivity index (χ1n) is 7.47. The summed E-state index contributed by atoms with van der Waals surface area (Å²) in [5.41, 5.74) is 2.13. The van der Waals surface area contributed by atoms with Crippen LogP contribution in [0.5, 0.6) is 0 Å². The van der Waals surface area contributed by atoms with Gasteiger partial charge in [0.2, 0.25) is 0 Å². The smallest absolute Gasteiger partial charge is 0.138 e. The lowest BCUT2D eigenvalue weighted by atomic mass is 9.98. The SMILES string of the molecule is CCc1ccc(CC(=O)CCC2CCCCN2)nc1. The zero-order valence-electron chi connectivity index (χ0n) is 11.8. The van der Waals surface area contributed by atoms with Crippen molar-refractivity contribution in [1.29, 1.82) is 0 Å². The summed E-state index contributed by atoms with van der Waals surface area (Å²) in [6, 6.07) is 4.60. The van der Waals surface area contributed by atoms with E-state index in [-0.39, 0.29) is 0 Å². The third-order valence-corrected chi connectivity index (χ3v) is 3.86. The van der Waals surface area contributed by atoms with E-state index < -0.39 is 0 Å². The summed E-state index contributed by atoms with van der Waals surface area (Å²) in [7, 11) is 0. The van der Waals surface area contributed by atoms with Crippen molar-refractivity contribution >= 4 is 5.78 Å². The fourth-order valence-corrected chi connectivity index (χ4v) is 2.56. The van der Waals surface area contributed by atoms with E-state index >= 15 is 0 Å². The van der Waals surface area contributed by atoms with E-state index in [4.69, 9.17) is 0 Å². The van der Waals surface area contributed by atoms with Crippen molar-refractivity contribution in [2.24, 2.45) is 0 Å². The largest absolute Gasteiger partial charge is 0.314 e. The Bertz CT molecular complexity index is 394. The Hall–Kier alpha value is -1.22. The van der Waals surface area contributed by atoms with Crippen molar-refractivity contribution in [2.75, 3.05) is 6.54 Å². The molecule has 1 atom stereocenters. The molecular formula is C16H24N2O. The summed E-state index contributed by atoms with van der Waals surface area (Å²) >= 11 is 0. The predicted molar refractivity (Wildman–Crippen MR) is 77.2 cm³/mol. The van der Waals surface area contributed by atoms with Crippen LogP contribution in [0, 0.1) is 0 Å². The molecule has 1 aliphatic heterocycles. The lowest BCUT2D eigenvalue weighted by Crippen LogP contribution is -2.34. The van der Waals surface area contributed by atoms with Gasteiger partial charge in [0.05, 0.1) is 0 Å². The van der Waals surface area contributed by atoms with Crippen molar-refractivity contribution in [3.8, 4) is 0 Å². The van der Waals surface area contributed by atoms with Crippen molar-refractivity contribution < 1.29 is 4.79 Å². The van der Waals surface area contributed by atoms with Crippen LogP contribution in [0.25, 0.3) is 0 Å². The van der Waals surface area contributed by atoms with Gasteiger partial charge in [-0.2, -0.15) is 0 Å². The molecule has 2 heterocycles. The van der Waals surface area contributed by atoms with E-state index in [1.807, 2.05) is 12.3 Å². The molecule has 1 N–H and O–H groups in total. The summed E-state index contributed by atoms with van der Waals surface area (Å²) in [5, 5.41) is 3.49. The number of hydrogen-bond acceptors (Lipinski definition) is 3. The molecule has 0 bridgehead atoms. The maximum atomic E-state index is 11.9. The number of pyridine rings is 1. The molecule has 19 heavy (non-hydrogen) atoms. The van der Waals surface area contributed by atoms with Crippen molar-refractivity contribution in [2.45, 2.75) is 57.9 Å². The highest BCUT2D eigenvalue weighted by Gasteiger charge is 2.14. The highest BCUT2D eigenvalue weighted by molar-refractivity contribution is 5.80.